The molecule has 0 aromatic carbocycles. The van der Waals surface area contributed by atoms with Gasteiger partial charge in [0.25, 0.3) is 0 Å². The number of anilines is 1. The van der Waals surface area contributed by atoms with Gasteiger partial charge in [-0.2, -0.15) is 0 Å². The first-order valence-electron chi connectivity index (χ1n) is 5.46. The predicted octanol–water partition coefficient (Wildman–Crippen LogP) is 0.845. The molecule has 1 amide bonds. The molecule has 6 heteroatoms. The van der Waals surface area contributed by atoms with Gasteiger partial charge in [0.2, 0.25) is 5.91 Å². The number of carbonyl (C=O) groups is 1. The van der Waals surface area contributed by atoms with E-state index in [9.17, 15) is 13.2 Å². The second kappa shape index (κ2) is 4.83. The summed E-state index contributed by atoms with van der Waals surface area (Å²) in [6, 6.07) is 5.24. The molecule has 92 valence electrons. The zero-order chi connectivity index (χ0) is 12.3. The van der Waals surface area contributed by atoms with Crippen molar-refractivity contribution in [1.82, 2.24) is 4.98 Å². The second-order valence-electron chi connectivity index (χ2n) is 4.24. The van der Waals surface area contributed by atoms with Crippen molar-refractivity contribution in [1.29, 1.82) is 0 Å². The smallest absolute Gasteiger partial charge is 0.225 e. The number of nitrogens with zero attached hydrogens (tertiary/aromatic N) is 1. The highest BCUT2D eigenvalue weighted by atomic mass is 32.2. The summed E-state index contributed by atoms with van der Waals surface area (Å²) >= 11 is 0. The van der Waals surface area contributed by atoms with Gasteiger partial charge < -0.3 is 5.32 Å². The number of pyridine rings is 1. The molecule has 0 spiro atoms. The van der Waals surface area contributed by atoms with Gasteiger partial charge in [0, 0.05) is 12.6 Å². The SMILES string of the molecule is O=C(CC1CCS(=O)(=O)C1)Nc1ccccn1. The third-order valence-corrected chi connectivity index (χ3v) is 4.57. The van der Waals surface area contributed by atoms with E-state index < -0.39 is 9.84 Å². The molecule has 2 rings (SSSR count). The summed E-state index contributed by atoms with van der Waals surface area (Å²) in [5.74, 6) is 0.602. The van der Waals surface area contributed by atoms with Crippen molar-refractivity contribution in [2.45, 2.75) is 12.8 Å². The van der Waals surface area contributed by atoms with Gasteiger partial charge in [0.05, 0.1) is 11.5 Å². The molecule has 17 heavy (non-hydrogen) atoms. The van der Waals surface area contributed by atoms with Crippen LogP contribution in [0.4, 0.5) is 5.82 Å². The molecular formula is C11H14N2O3S. The third kappa shape index (κ3) is 3.52. The van der Waals surface area contributed by atoms with Crippen LogP contribution in [0.3, 0.4) is 0 Å². The number of carbonyl (C=O) groups excluding carboxylic acids is 1. The monoisotopic (exact) mass is 254 g/mol. The number of hydrogen-bond donors (Lipinski definition) is 1. The van der Waals surface area contributed by atoms with E-state index >= 15 is 0 Å². The van der Waals surface area contributed by atoms with Crippen LogP contribution in [0.1, 0.15) is 12.8 Å². The van der Waals surface area contributed by atoms with Crippen LogP contribution in [0.25, 0.3) is 0 Å². The maximum absolute atomic E-state index is 11.6. The second-order valence-corrected chi connectivity index (χ2v) is 6.47. The number of amides is 1. The summed E-state index contributed by atoms with van der Waals surface area (Å²) < 4.78 is 22.5. The zero-order valence-corrected chi connectivity index (χ0v) is 10.1. The number of aromatic nitrogens is 1. The van der Waals surface area contributed by atoms with Crippen molar-refractivity contribution >= 4 is 21.6 Å². The lowest BCUT2D eigenvalue weighted by atomic mass is 10.1. The fourth-order valence-corrected chi connectivity index (χ4v) is 3.79. The molecule has 0 bridgehead atoms. The average Bonchev–Trinajstić information content (AvgIpc) is 2.59. The van der Waals surface area contributed by atoms with Crippen LogP contribution in [0.5, 0.6) is 0 Å². The fourth-order valence-electron chi connectivity index (χ4n) is 1.93. The van der Waals surface area contributed by atoms with Gasteiger partial charge >= 0.3 is 0 Å². The van der Waals surface area contributed by atoms with Gasteiger partial charge in [-0.3, -0.25) is 4.79 Å². The molecule has 1 saturated heterocycles. The Kier molecular flexibility index (Phi) is 3.42. The summed E-state index contributed by atoms with van der Waals surface area (Å²) in [6.45, 7) is 0. The molecule has 1 fully saturated rings. The van der Waals surface area contributed by atoms with Crippen LogP contribution < -0.4 is 5.32 Å². The Balaban J connectivity index is 1.87. The molecule has 1 aliphatic heterocycles. The first-order valence-corrected chi connectivity index (χ1v) is 7.28. The molecule has 1 N–H and O–H groups in total. The van der Waals surface area contributed by atoms with Crippen LogP contribution in [-0.2, 0) is 14.6 Å². The summed E-state index contributed by atoms with van der Waals surface area (Å²) in [4.78, 5) is 15.6. The molecule has 1 aromatic heterocycles. The normalized spacial score (nSPS) is 22.2. The number of sulfone groups is 1. The van der Waals surface area contributed by atoms with E-state index in [-0.39, 0.29) is 29.8 Å². The van der Waals surface area contributed by atoms with E-state index in [0.29, 0.717) is 12.2 Å². The minimum atomic E-state index is -2.91. The van der Waals surface area contributed by atoms with Gasteiger partial charge in [-0.05, 0) is 24.5 Å². The van der Waals surface area contributed by atoms with Crippen LogP contribution in [-0.4, -0.2) is 30.8 Å². The molecule has 1 atom stereocenters. The predicted molar refractivity (Wildman–Crippen MR) is 64.2 cm³/mol. The Morgan fingerprint density at radius 2 is 2.29 bits per heavy atom. The van der Waals surface area contributed by atoms with E-state index in [1.165, 1.54) is 0 Å². The topological polar surface area (TPSA) is 76.1 Å². The molecule has 1 unspecified atom stereocenters. The summed E-state index contributed by atoms with van der Waals surface area (Å²) in [6.07, 6.45) is 2.42. The van der Waals surface area contributed by atoms with E-state index in [2.05, 4.69) is 10.3 Å². The first-order chi connectivity index (χ1) is 8.05. The summed E-state index contributed by atoms with van der Waals surface area (Å²) in [7, 11) is -2.91. The Morgan fingerprint density at radius 3 is 2.88 bits per heavy atom. The van der Waals surface area contributed by atoms with Crippen molar-refractivity contribution in [3.05, 3.63) is 24.4 Å². The van der Waals surface area contributed by atoms with Crippen LogP contribution >= 0.6 is 0 Å². The zero-order valence-electron chi connectivity index (χ0n) is 9.30. The van der Waals surface area contributed by atoms with E-state index in [1.807, 2.05) is 0 Å². The molecule has 0 aliphatic carbocycles. The maximum Gasteiger partial charge on any atom is 0.225 e. The third-order valence-electron chi connectivity index (χ3n) is 2.73. The standard InChI is InChI=1S/C11H14N2O3S/c14-11(13-10-3-1-2-5-12-10)7-9-4-6-17(15,16)8-9/h1-3,5,9H,4,6-8H2,(H,12,13,14). The average molecular weight is 254 g/mol. The highest BCUT2D eigenvalue weighted by Crippen LogP contribution is 2.21. The lowest BCUT2D eigenvalue weighted by molar-refractivity contribution is -0.116. The minimum absolute atomic E-state index is 0.0521. The van der Waals surface area contributed by atoms with Crippen LogP contribution in [0, 0.1) is 5.92 Å². The highest BCUT2D eigenvalue weighted by molar-refractivity contribution is 7.91. The van der Waals surface area contributed by atoms with Crippen molar-refractivity contribution in [3.63, 3.8) is 0 Å². The van der Waals surface area contributed by atoms with Crippen molar-refractivity contribution < 1.29 is 13.2 Å². The quantitative estimate of drug-likeness (QED) is 0.867. The summed E-state index contributed by atoms with van der Waals surface area (Å²) in [5, 5.41) is 2.65. The first kappa shape index (κ1) is 12.0. The molecule has 1 aliphatic rings. The lowest BCUT2D eigenvalue weighted by Crippen LogP contribution is -2.17. The lowest BCUT2D eigenvalue weighted by Gasteiger charge is -2.07. The molecule has 2 heterocycles. The van der Waals surface area contributed by atoms with Crippen molar-refractivity contribution in [3.8, 4) is 0 Å². The van der Waals surface area contributed by atoms with Crippen LogP contribution in [0.15, 0.2) is 24.4 Å². The van der Waals surface area contributed by atoms with Gasteiger partial charge in [-0.15, -0.1) is 0 Å². The Labute approximate surface area is 100 Å². The Morgan fingerprint density at radius 1 is 1.47 bits per heavy atom. The van der Waals surface area contributed by atoms with Gasteiger partial charge in [0.15, 0.2) is 9.84 Å². The molecular weight excluding hydrogens is 240 g/mol. The van der Waals surface area contributed by atoms with Crippen molar-refractivity contribution in [2.75, 3.05) is 16.8 Å². The Hall–Kier alpha value is -1.43. The van der Waals surface area contributed by atoms with Gasteiger partial charge in [-0.1, -0.05) is 6.07 Å². The van der Waals surface area contributed by atoms with Crippen molar-refractivity contribution in [2.24, 2.45) is 5.92 Å². The van der Waals surface area contributed by atoms with Crippen LogP contribution in [0.2, 0.25) is 0 Å². The molecule has 5 nitrogen and oxygen atoms in total. The maximum atomic E-state index is 11.6. The van der Waals surface area contributed by atoms with Gasteiger partial charge in [-0.25, -0.2) is 13.4 Å². The minimum Gasteiger partial charge on any atom is -0.311 e. The van der Waals surface area contributed by atoms with E-state index in [0.717, 1.165) is 0 Å². The Bertz CT molecular complexity index is 499. The van der Waals surface area contributed by atoms with E-state index in [4.69, 9.17) is 0 Å². The molecule has 0 saturated carbocycles. The molecule has 1 aromatic rings. The fraction of sp³-hybridized carbons (Fsp3) is 0.455. The van der Waals surface area contributed by atoms with E-state index in [1.54, 1.807) is 24.4 Å². The number of rotatable bonds is 3. The highest BCUT2D eigenvalue weighted by Gasteiger charge is 2.29. The number of hydrogen-bond acceptors (Lipinski definition) is 4. The largest absolute Gasteiger partial charge is 0.311 e. The number of nitrogens with one attached hydrogen (secondary N) is 1. The molecule has 0 radical (unpaired) electrons. The van der Waals surface area contributed by atoms with Gasteiger partial charge in [0.1, 0.15) is 5.82 Å². The summed E-state index contributed by atoms with van der Waals surface area (Å²) in [5.41, 5.74) is 0.